The van der Waals surface area contributed by atoms with Gasteiger partial charge in [-0.2, -0.15) is 0 Å². The Morgan fingerprint density at radius 3 is 2.26 bits per heavy atom. The van der Waals surface area contributed by atoms with Crippen molar-refractivity contribution >= 4 is 11.8 Å². The molecule has 0 aromatic heterocycles. The summed E-state index contributed by atoms with van der Waals surface area (Å²) in [7, 11) is 3.05. The lowest BCUT2D eigenvalue weighted by molar-refractivity contribution is -0.127. The Morgan fingerprint density at radius 1 is 0.921 bits per heavy atom. The first-order valence-electron chi connectivity index (χ1n) is 12.4. The molecular weight excluding hydrogens is 484 g/mol. The van der Waals surface area contributed by atoms with E-state index in [4.69, 9.17) is 18.9 Å². The average Bonchev–Trinajstić information content (AvgIpc) is 3.35. The monoisotopic (exact) mass is 518 g/mol. The summed E-state index contributed by atoms with van der Waals surface area (Å²) in [6.07, 6.45) is 0. The molecule has 3 aromatic carbocycles. The van der Waals surface area contributed by atoms with Crippen molar-refractivity contribution in [2.24, 2.45) is 0 Å². The molecule has 0 radical (unpaired) electrons. The fraction of sp³-hybridized carbons (Fsp3) is 0.333. The second-order valence-electron chi connectivity index (χ2n) is 10.2. The predicted octanol–water partition coefficient (Wildman–Crippen LogP) is 5.04. The highest BCUT2D eigenvalue weighted by Gasteiger charge is 2.34. The van der Waals surface area contributed by atoms with E-state index in [9.17, 15) is 9.59 Å². The number of fused-ring (bicyclic) bond motifs is 1. The van der Waals surface area contributed by atoms with Gasteiger partial charge in [0.2, 0.25) is 12.7 Å². The van der Waals surface area contributed by atoms with Gasteiger partial charge in [-0.05, 0) is 69.2 Å². The highest BCUT2D eigenvalue weighted by atomic mass is 16.7. The smallest absolute Gasteiger partial charge is 0.255 e. The molecule has 4 rings (SSSR count). The summed E-state index contributed by atoms with van der Waals surface area (Å²) >= 11 is 0. The number of methoxy groups -OCH3 is 2. The van der Waals surface area contributed by atoms with Crippen LogP contribution < -0.4 is 24.3 Å². The van der Waals surface area contributed by atoms with E-state index in [1.165, 1.54) is 14.2 Å². The number of benzene rings is 3. The van der Waals surface area contributed by atoms with Crippen LogP contribution in [0.5, 0.6) is 23.0 Å². The molecule has 0 spiro atoms. The number of hydrogen-bond acceptors (Lipinski definition) is 6. The van der Waals surface area contributed by atoms with Crippen LogP contribution in [0.25, 0.3) is 0 Å². The Morgan fingerprint density at radius 2 is 1.61 bits per heavy atom. The highest BCUT2D eigenvalue weighted by molar-refractivity contribution is 5.98. The van der Waals surface area contributed by atoms with Gasteiger partial charge in [-0.15, -0.1) is 0 Å². The minimum atomic E-state index is -0.902. The molecule has 8 nitrogen and oxygen atoms in total. The van der Waals surface area contributed by atoms with Crippen LogP contribution in [0.2, 0.25) is 0 Å². The van der Waals surface area contributed by atoms with Crippen LogP contribution in [0.4, 0.5) is 0 Å². The molecule has 1 atom stereocenters. The molecule has 1 heterocycles. The van der Waals surface area contributed by atoms with Crippen LogP contribution in [0.1, 0.15) is 53.9 Å². The van der Waals surface area contributed by atoms with Gasteiger partial charge in [0.1, 0.15) is 6.04 Å². The van der Waals surface area contributed by atoms with Gasteiger partial charge in [-0.25, -0.2) is 0 Å². The van der Waals surface area contributed by atoms with Gasteiger partial charge in [-0.1, -0.05) is 35.9 Å². The molecule has 2 amide bonds. The third-order valence-corrected chi connectivity index (χ3v) is 6.13. The molecule has 0 bridgehead atoms. The van der Waals surface area contributed by atoms with Crippen LogP contribution in [-0.4, -0.2) is 43.3 Å². The van der Waals surface area contributed by atoms with Crippen molar-refractivity contribution in [2.45, 2.75) is 45.8 Å². The Hall–Kier alpha value is -4.20. The van der Waals surface area contributed by atoms with Crippen molar-refractivity contribution in [1.82, 2.24) is 10.2 Å². The van der Waals surface area contributed by atoms with Gasteiger partial charge < -0.3 is 29.2 Å². The number of hydrogen-bond donors (Lipinski definition) is 1. The van der Waals surface area contributed by atoms with Gasteiger partial charge in [0.05, 0.1) is 14.2 Å². The number of carbonyl (C=O) groups is 2. The Labute approximate surface area is 223 Å². The van der Waals surface area contributed by atoms with Crippen molar-refractivity contribution in [1.29, 1.82) is 0 Å². The fourth-order valence-electron chi connectivity index (χ4n) is 4.31. The number of nitrogens with one attached hydrogen (secondary N) is 1. The molecule has 8 heteroatoms. The van der Waals surface area contributed by atoms with E-state index >= 15 is 0 Å². The molecule has 3 aromatic rings. The molecule has 0 saturated heterocycles. The first kappa shape index (κ1) is 26.9. The standard InChI is InChI=1S/C30H34N2O6/c1-19-7-10-21(11-8-19)27(28(33)31-30(2,3)4)32(17-20-9-13-24-26(15-20)38-18-37-24)29(34)22-12-14-23(35-5)25(16-22)36-6/h7-16,27H,17-18H2,1-6H3,(H,31,33). The molecule has 200 valence electrons. The second kappa shape index (κ2) is 11.0. The van der Waals surface area contributed by atoms with E-state index in [1.807, 2.05) is 70.2 Å². The minimum Gasteiger partial charge on any atom is -0.493 e. The zero-order valence-electron chi connectivity index (χ0n) is 22.7. The topological polar surface area (TPSA) is 86.3 Å². The van der Waals surface area contributed by atoms with Gasteiger partial charge in [0, 0.05) is 17.6 Å². The van der Waals surface area contributed by atoms with Crippen molar-refractivity contribution in [2.75, 3.05) is 21.0 Å². The number of nitrogens with zero attached hydrogens (tertiary/aromatic N) is 1. The van der Waals surface area contributed by atoms with Crippen LogP contribution in [0.15, 0.2) is 60.7 Å². The lowest BCUT2D eigenvalue weighted by atomic mass is 9.98. The molecule has 1 unspecified atom stereocenters. The number of rotatable bonds is 8. The van der Waals surface area contributed by atoms with E-state index in [2.05, 4.69) is 5.32 Å². The van der Waals surface area contributed by atoms with Crippen molar-refractivity contribution in [3.05, 3.63) is 82.9 Å². The molecule has 0 saturated carbocycles. The van der Waals surface area contributed by atoms with E-state index in [-0.39, 0.29) is 25.2 Å². The third kappa shape index (κ3) is 6.02. The van der Waals surface area contributed by atoms with Gasteiger partial charge >= 0.3 is 0 Å². The first-order chi connectivity index (χ1) is 18.1. The predicted molar refractivity (Wildman–Crippen MR) is 144 cm³/mol. The SMILES string of the molecule is COc1ccc(C(=O)N(Cc2ccc3c(c2)OCO3)C(C(=O)NC(C)(C)C)c2ccc(C)cc2)cc1OC. The molecule has 0 aliphatic carbocycles. The van der Waals surface area contributed by atoms with E-state index in [0.29, 0.717) is 34.1 Å². The maximum atomic E-state index is 14.2. The lowest BCUT2D eigenvalue weighted by Crippen LogP contribution is -2.49. The van der Waals surface area contributed by atoms with E-state index < -0.39 is 11.6 Å². The summed E-state index contributed by atoms with van der Waals surface area (Å²) in [5, 5.41) is 3.07. The van der Waals surface area contributed by atoms with Crippen LogP contribution in [0.3, 0.4) is 0 Å². The van der Waals surface area contributed by atoms with Gasteiger partial charge in [0.25, 0.3) is 5.91 Å². The van der Waals surface area contributed by atoms with Crippen molar-refractivity contribution in [3.8, 4) is 23.0 Å². The lowest BCUT2D eigenvalue weighted by Gasteiger charge is -2.34. The largest absolute Gasteiger partial charge is 0.493 e. The van der Waals surface area contributed by atoms with Crippen molar-refractivity contribution < 1.29 is 28.5 Å². The number of carbonyl (C=O) groups excluding carboxylic acids is 2. The Balaban J connectivity index is 1.82. The summed E-state index contributed by atoms with van der Waals surface area (Å²) in [6.45, 7) is 8.01. The molecule has 1 aliphatic rings. The fourth-order valence-corrected chi connectivity index (χ4v) is 4.31. The van der Waals surface area contributed by atoms with Crippen molar-refractivity contribution in [3.63, 3.8) is 0 Å². The Bertz CT molecular complexity index is 1310. The number of amides is 2. The van der Waals surface area contributed by atoms with Gasteiger partial charge in [0.15, 0.2) is 23.0 Å². The maximum absolute atomic E-state index is 14.2. The molecule has 1 N–H and O–H groups in total. The molecular formula is C30H34N2O6. The number of ether oxygens (including phenoxy) is 4. The maximum Gasteiger partial charge on any atom is 0.255 e. The normalized spacial score (nSPS) is 13.0. The molecule has 38 heavy (non-hydrogen) atoms. The quantitative estimate of drug-likeness (QED) is 0.450. The number of aryl methyl sites for hydroxylation is 1. The van der Waals surface area contributed by atoms with Gasteiger partial charge in [-0.3, -0.25) is 9.59 Å². The summed E-state index contributed by atoms with van der Waals surface area (Å²) in [4.78, 5) is 29.6. The summed E-state index contributed by atoms with van der Waals surface area (Å²) in [5.41, 5.74) is 2.41. The summed E-state index contributed by atoms with van der Waals surface area (Å²) in [6, 6.07) is 17.2. The molecule has 0 fully saturated rings. The summed E-state index contributed by atoms with van der Waals surface area (Å²) < 4.78 is 21.8. The van der Waals surface area contributed by atoms with E-state index in [0.717, 1.165) is 11.1 Å². The first-order valence-corrected chi connectivity index (χ1v) is 12.4. The van der Waals surface area contributed by atoms with Crippen LogP contribution in [0, 0.1) is 6.92 Å². The summed E-state index contributed by atoms with van der Waals surface area (Å²) in [5.74, 6) is 1.56. The zero-order valence-corrected chi connectivity index (χ0v) is 22.7. The zero-order chi connectivity index (χ0) is 27.4. The second-order valence-corrected chi connectivity index (χ2v) is 10.2. The Kier molecular flexibility index (Phi) is 7.80. The van der Waals surface area contributed by atoms with Crippen LogP contribution >= 0.6 is 0 Å². The highest BCUT2D eigenvalue weighted by Crippen LogP contribution is 2.35. The molecule has 1 aliphatic heterocycles. The third-order valence-electron chi connectivity index (χ3n) is 6.13. The minimum absolute atomic E-state index is 0.146. The van der Waals surface area contributed by atoms with Crippen LogP contribution in [-0.2, 0) is 11.3 Å². The average molecular weight is 519 g/mol. The van der Waals surface area contributed by atoms with E-state index in [1.54, 1.807) is 23.1 Å².